The molecule has 0 spiro atoms. The average Bonchev–Trinajstić information content (AvgIpc) is 2.16. The van der Waals surface area contributed by atoms with Gasteiger partial charge in [0.05, 0.1) is 5.60 Å². The van der Waals surface area contributed by atoms with E-state index in [1.807, 2.05) is 20.8 Å². The quantitative estimate of drug-likeness (QED) is 0.842. The largest absolute Gasteiger partial charge is 0.374 e. The summed E-state index contributed by atoms with van der Waals surface area (Å²) in [6.45, 7) is 7.31. The Balaban J connectivity index is 2.53. The van der Waals surface area contributed by atoms with Crippen molar-refractivity contribution in [2.24, 2.45) is 0 Å². The van der Waals surface area contributed by atoms with Gasteiger partial charge in [0.25, 0.3) is 0 Å². The molecule has 84 valence electrons. The Labute approximate surface area is 95.0 Å². The molecule has 0 atom stereocenters. The van der Waals surface area contributed by atoms with Gasteiger partial charge in [-0.2, -0.15) is 0 Å². The van der Waals surface area contributed by atoms with Gasteiger partial charge in [-0.3, -0.25) is 0 Å². The molecule has 0 radical (unpaired) electrons. The number of nitrogens with one attached hydrogen (secondary N) is 1. The van der Waals surface area contributed by atoms with Gasteiger partial charge in [0.2, 0.25) is 0 Å². The maximum Gasteiger partial charge on any atom is 0.171 e. The van der Waals surface area contributed by atoms with Gasteiger partial charge in [0, 0.05) is 25.5 Å². The Bertz CT molecular complexity index is 317. The molecule has 5 heteroatoms. The van der Waals surface area contributed by atoms with Crippen molar-refractivity contribution in [2.45, 2.75) is 26.4 Å². The number of hydrogen-bond acceptors (Lipinski definition) is 4. The maximum atomic E-state index is 5.85. The SMILES string of the molecule is CCOC(C)(C)CNc1nccnc1Cl. The number of rotatable bonds is 5. The van der Waals surface area contributed by atoms with E-state index in [1.54, 1.807) is 12.4 Å². The highest BCUT2D eigenvalue weighted by Crippen LogP contribution is 2.16. The summed E-state index contributed by atoms with van der Waals surface area (Å²) in [5, 5.41) is 3.49. The van der Waals surface area contributed by atoms with Gasteiger partial charge in [-0.05, 0) is 20.8 Å². The molecule has 0 saturated carbocycles. The standard InChI is InChI=1S/C10H16ClN3O/c1-4-15-10(2,3)7-14-9-8(11)12-5-6-13-9/h5-6H,4,7H2,1-3H3,(H,13,14). The van der Waals surface area contributed by atoms with Crippen LogP contribution in [0.25, 0.3) is 0 Å². The van der Waals surface area contributed by atoms with Gasteiger partial charge in [-0.15, -0.1) is 0 Å². The third-order valence-electron chi connectivity index (χ3n) is 1.87. The minimum absolute atomic E-state index is 0.240. The van der Waals surface area contributed by atoms with Crippen LogP contribution in [0.2, 0.25) is 5.15 Å². The fourth-order valence-electron chi connectivity index (χ4n) is 1.18. The van der Waals surface area contributed by atoms with Crippen molar-refractivity contribution in [3.63, 3.8) is 0 Å². The van der Waals surface area contributed by atoms with E-state index < -0.39 is 0 Å². The number of halogens is 1. The van der Waals surface area contributed by atoms with E-state index in [0.717, 1.165) is 0 Å². The third-order valence-corrected chi connectivity index (χ3v) is 2.15. The first-order chi connectivity index (χ1) is 7.05. The smallest absolute Gasteiger partial charge is 0.171 e. The van der Waals surface area contributed by atoms with Crippen molar-refractivity contribution in [1.29, 1.82) is 0 Å². The molecule has 0 aliphatic heterocycles. The summed E-state index contributed by atoms with van der Waals surface area (Å²) in [6.07, 6.45) is 3.16. The second-order valence-electron chi connectivity index (χ2n) is 3.74. The molecule has 1 aromatic rings. The molecule has 0 aliphatic carbocycles. The van der Waals surface area contributed by atoms with Crippen LogP contribution in [0, 0.1) is 0 Å². The summed E-state index contributed by atoms with van der Waals surface area (Å²) < 4.78 is 5.54. The van der Waals surface area contributed by atoms with Gasteiger partial charge < -0.3 is 10.1 Å². The molecule has 0 aromatic carbocycles. The van der Waals surface area contributed by atoms with Gasteiger partial charge >= 0.3 is 0 Å². The molecule has 1 aromatic heterocycles. The zero-order chi connectivity index (χ0) is 11.3. The summed E-state index contributed by atoms with van der Waals surface area (Å²) >= 11 is 5.85. The fraction of sp³-hybridized carbons (Fsp3) is 0.600. The van der Waals surface area contributed by atoms with Crippen molar-refractivity contribution >= 4 is 17.4 Å². The van der Waals surface area contributed by atoms with Crippen LogP contribution in [0.15, 0.2) is 12.4 Å². The summed E-state index contributed by atoms with van der Waals surface area (Å²) in [6, 6.07) is 0. The molecule has 0 fully saturated rings. The lowest BCUT2D eigenvalue weighted by Crippen LogP contribution is -2.33. The predicted octanol–water partition coefficient (Wildman–Crippen LogP) is 2.36. The molecule has 1 heterocycles. The molecule has 1 rings (SSSR count). The third kappa shape index (κ3) is 4.01. The zero-order valence-electron chi connectivity index (χ0n) is 9.25. The summed E-state index contributed by atoms with van der Waals surface area (Å²) in [5.74, 6) is 0.590. The van der Waals surface area contributed by atoms with E-state index in [0.29, 0.717) is 24.1 Å². The van der Waals surface area contributed by atoms with Gasteiger partial charge in [0.15, 0.2) is 11.0 Å². The molecule has 0 bridgehead atoms. The second kappa shape index (κ2) is 5.28. The molecule has 0 saturated heterocycles. The minimum Gasteiger partial charge on any atom is -0.374 e. The monoisotopic (exact) mass is 229 g/mol. The Hall–Kier alpha value is -0.870. The Kier molecular flexibility index (Phi) is 4.29. The number of aromatic nitrogens is 2. The van der Waals surface area contributed by atoms with Gasteiger partial charge in [0.1, 0.15) is 0 Å². The molecule has 15 heavy (non-hydrogen) atoms. The summed E-state index contributed by atoms with van der Waals surface area (Å²) in [7, 11) is 0. The zero-order valence-corrected chi connectivity index (χ0v) is 10.0. The van der Waals surface area contributed by atoms with Crippen molar-refractivity contribution < 1.29 is 4.74 Å². The summed E-state index contributed by atoms with van der Waals surface area (Å²) in [5.41, 5.74) is -0.240. The van der Waals surface area contributed by atoms with Crippen LogP contribution in [0.1, 0.15) is 20.8 Å². The highest BCUT2D eigenvalue weighted by atomic mass is 35.5. The molecule has 4 nitrogen and oxygen atoms in total. The van der Waals surface area contributed by atoms with Crippen LogP contribution in [-0.4, -0.2) is 28.7 Å². The normalized spacial score (nSPS) is 11.5. The van der Waals surface area contributed by atoms with Gasteiger partial charge in [-0.25, -0.2) is 9.97 Å². The topological polar surface area (TPSA) is 47.0 Å². The molecular formula is C10H16ClN3O. The summed E-state index contributed by atoms with van der Waals surface area (Å²) in [4.78, 5) is 8.01. The van der Waals surface area contributed by atoms with E-state index in [4.69, 9.17) is 16.3 Å². The van der Waals surface area contributed by atoms with Crippen LogP contribution in [0.5, 0.6) is 0 Å². The van der Waals surface area contributed by atoms with E-state index in [1.165, 1.54) is 0 Å². The van der Waals surface area contributed by atoms with Crippen molar-refractivity contribution in [3.05, 3.63) is 17.5 Å². The van der Waals surface area contributed by atoms with E-state index in [-0.39, 0.29) is 5.60 Å². The minimum atomic E-state index is -0.240. The van der Waals surface area contributed by atoms with Crippen LogP contribution in [0.4, 0.5) is 5.82 Å². The first-order valence-electron chi connectivity index (χ1n) is 4.89. The highest BCUT2D eigenvalue weighted by molar-refractivity contribution is 6.31. The van der Waals surface area contributed by atoms with Crippen molar-refractivity contribution in [2.75, 3.05) is 18.5 Å². The van der Waals surface area contributed by atoms with Crippen LogP contribution >= 0.6 is 11.6 Å². The van der Waals surface area contributed by atoms with Crippen molar-refractivity contribution in [1.82, 2.24) is 9.97 Å². The molecule has 1 N–H and O–H groups in total. The van der Waals surface area contributed by atoms with E-state index >= 15 is 0 Å². The van der Waals surface area contributed by atoms with Crippen LogP contribution in [0.3, 0.4) is 0 Å². The lowest BCUT2D eigenvalue weighted by Gasteiger charge is -2.25. The molecule has 0 unspecified atom stereocenters. The Morgan fingerprint density at radius 1 is 1.40 bits per heavy atom. The first-order valence-corrected chi connectivity index (χ1v) is 5.27. The Morgan fingerprint density at radius 3 is 2.67 bits per heavy atom. The fourth-order valence-corrected chi connectivity index (χ4v) is 1.35. The van der Waals surface area contributed by atoms with E-state index in [2.05, 4.69) is 15.3 Å². The number of ether oxygens (including phenoxy) is 1. The first kappa shape index (κ1) is 12.2. The van der Waals surface area contributed by atoms with Crippen LogP contribution in [-0.2, 0) is 4.74 Å². The Morgan fingerprint density at radius 2 is 2.07 bits per heavy atom. The lowest BCUT2D eigenvalue weighted by atomic mass is 10.1. The highest BCUT2D eigenvalue weighted by Gasteiger charge is 2.17. The molecule has 0 aliphatic rings. The van der Waals surface area contributed by atoms with Gasteiger partial charge in [-0.1, -0.05) is 11.6 Å². The van der Waals surface area contributed by atoms with Crippen LogP contribution < -0.4 is 5.32 Å². The number of hydrogen-bond donors (Lipinski definition) is 1. The maximum absolute atomic E-state index is 5.85. The lowest BCUT2D eigenvalue weighted by molar-refractivity contribution is 0.000642. The van der Waals surface area contributed by atoms with E-state index in [9.17, 15) is 0 Å². The number of anilines is 1. The second-order valence-corrected chi connectivity index (χ2v) is 4.10. The predicted molar refractivity (Wildman–Crippen MR) is 61.2 cm³/mol. The molecule has 0 amide bonds. The van der Waals surface area contributed by atoms with Crippen molar-refractivity contribution in [3.8, 4) is 0 Å². The number of nitrogens with zero attached hydrogens (tertiary/aromatic N) is 2. The molecular weight excluding hydrogens is 214 g/mol. The average molecular weight is 230 g/mol.